The van der Waals surface area contributed by atoms with Gasteiger partial charge in [0.15, 0.2) is 4.90 Å². The van der Waals surface area contributed by atoms with Gasteiger partial charge < -0.3 is 10.1 Å². The molecule has 1 aromatic rings. The predicted molar refractivity (Wildman–Crippen MR) is 89.9 cm³/mol. The van der Waals surface area contributed by atoms with Crippen molar-refractivity contribution < 1.29 is 21.9 Å². The molecule has 0 aliphatic carbocycles. The highest BCUT2D eigenvalue weighted by molar-refractivity contribution is 7.89. The Labute approximate surface area is 152 Å². The summed E-state index contributed by atoms with van der Waals surface area (Å²) < 4.78 is 60.1. The Hall–Kier alpha value is -1.31. The smallest absolute Gasteiger partial charge is 0.246 e. The highest BCUT2D eigenvalue weighted by Crippen LogP contribution is 2.29. The van der Waals surface area contributed by atoms with Gasteiger partial charge in [-0.15, -0.1) is 12.4 Å². The molecule has 1 aliphatic heterocycles. The maximum Gasteiger partial charge on any atom is 0.246 e. The SMILES string of the molecule is COCC1(CNS(=O)(=O)c2c(F)cc(C#N)cc2F)CCNCC1.Cl. The van der Waals surface area contributed by atoms with Crippen LogP contribution in [0.15, 0.2) is 17.0 Å². The second kappa shape index (κ2) is 8.87. The van der Waals surface area contributed by atoms with Gasteiger partial charge in [0.05, 0.1) is 18.2 Å². The van der Waals surface area contributed by atoms with E-state index >= 15 is 0 Å². The van der Waals surface area contributed by atoms with Crippen LogP contribution in [-0.4, -0.2) is 41.8 Å². The number of nitriles is 1. The van der Waals surface area contributed by atoms with Crippen LogP contribution in [-0.2, 0) is 14.8 Å². The van der Waals surface area contributed by atoms with Crippen molar-refractivity contribution in [1.29, 1.82) is 5.26 Å². The van der Waals surface area contributed by atoms with Crippen LogP contribution in [0, 0.1) is 28.4 Å². The Morgan fingerprint density at radius 3 is 2.36 bits per heavy atom. The molecule has 0 amide bonds. The number of halogens is 3. The van der Waals surface area contributed by atoms with Crippen molar-refractivity contribution in [2.45, 2.75) is 17.7 Å². The quantitative estimate of drug-likeness (QED) is 0.762. The third-order valence-electron chi connectivity index (χ3n) is 4.15. The molecular weight excluding hydrogens is 376 g/mol. The van der Waals surface area contributed by atoms with E-state index in [0.29, 0.717) is 44.7 Å². The van der Waals surface area contributed by atoms with E-state index in [9.17, 15) is 17.2 Å². The molecule has 2 rings (SSSR count). The van der Waals surface area contributed by atoms with Gasteiger partial charge in [0.25, 0.3) is 0 Å². The van der Waals surface area contributed by atoms with Gasteiger partial charge in [0.2, 0.25) is 10.0 Å². The van der Waals surface area contributed by atoms with E-state index < -0.39 is 32.0 Å². The van der Waals surface area contributed by atoms with Crippen molar-refractivity contribution in [3.8, 4) is 6.07 Å². The summed E-state index contributed by atoms with van der Waals surface area (Å²) >= 11 is 0. The van der Waals surface area contributed by atoms with Crippen molar-refractivity contribution in [3.05, 3.63) is 29.3 Å². The number of hydrogen-bond acceptors (Lipinski definition) is 5. The highest BCUT2D eigenvalue weighted by Gasteiger charge is 2.35. The Balaban J connectivity index is 0.00000312. The van der Waals surface area contributed by atoms with Gasteiger partial charge in [0.1, 0.15) is 11.6 Å². The third kappa shape index (κ3) is 5.09. The van der Waals surface area contributed by atoms with E-state index in [1.807, 2.05) is 0 Å². The van der Waals surface area contributed by atoms with Gasteiger partial charge in [-0.2, -0.15) is 5.26 Å². The zero-order chi connectivity index (χ0) is 17.8. The molecule has 1 fully saturated rings. The summed E-state index contributed by atoms with van der Waals surface area (Å²) in [6.07, 6.45) is 1.36. The first-order valence-electron chi connectivity index (χ1n) is 7.42. The van der Waals surface area contributed by atoms with Crippen LogP contribution >= 0.6 is 12.4 Å². The predicted octanol–water partition coefficient (Wildman–Crippen LogP) is 1.55. The van der Waals surface area contributed by atoms with Crippen LogP contribution in [0.3, 0.4) is 0 Å². The standard InChI is InChI=1S/C15H19F2N3O3S.ClH/c1-23-10-15(2-4-19-5-3-15)9-20-24(21,22)14-12(16)6-11(8-18)7-13(14)17;/h6-7,19-20H,2-5,9-10H2,1H3;1H. The topological polar surface area (TPSA) is 91.2 Å². The molecule has 2 N–H and O–H groups in total. The molecule has 0 unspecified atom stereocenters. The first-order valence-corrected chi connectivity index (χ1v) is 8.90. The molecule has 140 valence electrons. The lowest BCUT2D eigenvalue weighted by molar-refractivity contribution is 0.0577. The van der Waals surface area contributed by atoms with Crippen LogP contribution in [0.2, 0.25) is 0 Å². The number of methoxy groups -OCH3 is 1. The van der Waals surface area contributed by atoms with Crippen molar-refractivity contribution in [3.63, 3.8) is 0 Å². The summed E-state index contributed by atoms with van der Waals surface area (Å²) in [5, 5.41) is 11.9. The maximum atomic E-state index is 14.0. The van der Waals surface area contributed by atoms with E-state index in [-0.39, 0.29) is 24.5 Å². The summed E-state index contributed by atoms with van der Waals surface area (Å²) in [5.41, 5.74) is -0.703. The summed E-state index contributed by atoms with van der Waals surface area (Å²) in [4.78, 5) is -1.07. The van der Waals surface area contributed by atoms with Crippen molar-refractivity contribution in [1.82, 2.24) is 10.0 Å². The number of benzene rings is 1. The fourth-order valence-electron chi connectivity index (χ4n) is 2.84. The minimum atomic E-state index is -4.39. The minimum absolute atomic E-state index is 0. The number of nitrogens with one attached hydrogen (secondary N) is 2. The molecule has 0 aromatic heterocycles. The lowest BCUT2D eigenvalue weighted by Gasteiger charge is -2.37. The normalized spacial score (nSPS) is 16.7. The summed E-state index contributed by atoms with van der Waals surface area (Å²) in [5.74, 6) is -2.57. The van der Waals surface area contributed by atoms with Gasteiger partial charge in [-0.25, -0.2) is 21.9 Å². The molecule has 10 heteroatoms. The summed E-state index contributed by atoms with van der Waals surface area (Å²) in [7, 11) is -2.86. The van der Waals surface area contributed by atoms with Crippen LogP contribution in [0.25, 0.3) is 0 Å². The Bertz CT molecular complexity index is 718. The summed E-state index contributed by atoms with van der Waals surface area (Å²) in [6, 6.07) is 2.98. The molecule has 0 atom stereocenters. The van der Waals surface area contributed by atoms with Gasteiger partial charge in [0, 0.05) is 19.1 Å². The second-order valence-electron chi connectivity index (χ2n) is 5.89. The van der Waals surface area contributed by atoms with Crippen LogP contribution in [0.4, 0.5) is 8.78 Å². The minimum Gasteiger partial charge on any atom is -0.384 e. The molecule has 0 saturated carbocycles. The monoisotopic (exact) mass is 395 g/mol. The molecule has 1 heterocycles. The lowest BCUT2D eigenvalue weighted by atomic mass is 9.80. The number of ether oxygens (including phenoxy) is 1. The zero-order valence-corrected chi connectivity index (χ0v) is 15.3. The molecule has 1 aromatic carbocycles. The Kier molecular flexibility index (Phi) is 7.71. The second-order valence-corrected chi connectivity index (χ2v) is 7.59. The molecule has 0 bridgehead atoms. The van der Waals surface area contributed by atoms with E-state index in [0.717, 1.165) is 0 Å². The Morgan fingerprint density at radius 1 is 1.32 bits per heavy atom. The Morgan fingerprint density at radius 2 is 1.88 bits per heavy atom. The number of hydrogen-bond donors (Lipinski definition) is 2. The largest absolute Gasteiger partial charge is 0.384 e. The van der Waals surface area contributed by atoms with Gasteiger partial charge in [-0.3, -0.25) is 0 Å². The van der Waals surface area contributed by atoms with Crippen molar-refractivity contribution in [2.24, 2.45) is 5.41 Å². The van der Waals surface area contributed by atoms with E-state index in [2.05, 4.69) is 10.0 Å². The van der Waals surface area contributed by atoms with Crippen molar-refractivity contribution in [2.75, 3.05) is 33.4 Å². The average Bonchev–Trinajstić information content (AvgIpc) is 2.53. The molecule has 1 aliphatic rings. The van der Waals surface area contributed by atoms with E-state index in [4.69, 9.17) is 10.00 Å². The van der Waals surface area contributed by atoms with Crippen LogP contribution in [0.1, 0.15) is 18.4 Å². The van der Waals surface area contributed by atoms with Gasteiger partial charge in [-0.05, 0) is 38.1 Å². The zero-order valence-electron chi connectivity index (χ0n) is 13.6. The fourth-order valence-corrected chi connectivity index (χ4v) is 4.11. The maximum absolute atomic E-state index is 14.0. The first-order chi connectivity index (χ1) is 11.3. The molecule has 0 radical (unpaired) electrons. The fraction of sp³-hybridized carbons (Fsp3) is 0.533. The average molecular weight is 396 g/mol. The van der Waals surface area contributed by atoms with E-state index in [1.165, 1.54) is 7.11 Å². The first kappa shape index (κ1) is 21.7. The third-order valence-corrected chi connectivity index (χ3v) is 5.60. The molecule has 0 spiro atoms. The van der Waals surface area contributed by atoms with Crippen molar-refractivity contribution >= 4 is 22.4 Å². The van der Waals surface area contributed by atoms with Crippen LogP contribution in [0.5, 0.6) is 0 Å². The lowest BCUT2D eigenvalue weighted by Crippen LogP contribution is -2.47. The number of sulfonamides is 1. The molecule has 25 heavy (non-hydrogen) atoms. The van der Waals surface area contributed by atoms with Crippen LogP contribution < -0.4 is 10.0 Å². The van der Waals surface area contributed by atoms with E-state index in [1.54, 1.807) is 6.07 Å². The molecule has 1 saturated heterocycles. The summed E-state index contributed by atoms with van der Waals surface area (Å²) in [6.45, 7) is 1.79. The van der Waals surface area contributed by atoms with Gasteiger partial charge >= 0.3 is 0 Å². The van der Waals surface area contributed by atoms with Gasteiger partial charge in [-0.1, -0.05) is 0 Å². The number of rotatable bonds is 6. The number of piperidine rings is 1. The highest BCUT2D eigenvalue weighted by atomic mass is 35.5. The molecular formula is C15H20ClF2N3O3S. The number of nitrogens with zero attached hydrogens (tertiary/aromatic N) is 1. The molecule has 6 nitrogen and oxygen atoms in total.